The van der Waals surface area contributed by atoms with Crippen LogP contribution in [0.25, 0.3) is 5.57 Å². The second kappa shape index (κ2) is 4.78. The van der Waals surface area contributed by atoms with Gasteiger partial charge in [-0.1, -0.05) is 19.1 Å². The van der Waals surface area contributed by atoms with Crippen LogP contribution in [0.4, 0.5) is 0 Å². The normalized spacial score (nSPS) is 11.5. The molecule has 2 heteroatoms. The van der Waals surface area contributed by atoms with E-state index in [1.165, 1.54) is 16.7 Å². The van der Waals surface area contributed by atoms with Crippen LogP contribution in [-0.2, 0) is 6.42 Å². The number of hydrogen-bond acceptors (Lipinski definition) is 1. The summed E-state index contributed by atoms with van der Waals surface area (Å²) in [7, 11) is 0. The number of benzene rings is 1. The summed E-state index contributed by atoms with van der Waals surface area (Å²) >= 11 is 0. The van der Waals surface area contributed by atoms with Crippen molar-refractivity contribution in [3.05, 3.63) is 41.0 Å². The van der Waals surface area contributed by atoms with E-state index in [4.69, 9.17) is 5.73 Å². The van der Waals surface area contributed by atoms with Gasteiger partial charge in [0.05, 0.1) is 0 Å². The Bertz CT molecular complexity index is 405. The van der Waals surface area contributed by atoms with Gasteiger partial charge in [0.1, 0.15) is 0 Å². The predicted octanol–water partition coefficient (Wildman–Crippen LogP) is 2.77. The van der Waals surface area contributed by atoms with Gasteiger partial charge in [-0.2, -0.15) is 0 Å². The smallest absolute Gasteiger partial charge is 0.248 e. The van der Waals surface area contributed by atoms with Crippen molar-refractivity contribution in [2.75, 3.05) is 0 Å². The molecule has 0 aliphatic heterocycles. The minimum Gasteiger partial charge on any atom is -0.366 e. The zero-order chi connectivity index (χ0) is 11.4. The summed E-state index contributed by atoms with van der Waals surface area (Å²) in [5.41, 5.74) is 9.42. The van der Waals surface area contributed by atoms with Crippen molar-refractivity contribution < 1.29 is 4.79 Å². The lowest BCUT2D eigenvalue weighted by Gasteiger charge is -2.09. The van der Waals surface area contributed by atoms with Gasteiger partial charge in [0.15, 0.2) is 0 Å². The van der Waals surface area contributed by atoms with E-state index in [1.54, 1.807) is 6.07 Å². The Morgan fingerprint density at radius 2 is 2.13 bits per heavy atom. The molecule has 2 N–H and O–H groups in total. The molecule has 0 radical (unpaired) electrons. The molecule has 0 fully saturated rings. The molecule has 0 aliphatic carbocycles. The number of amides is 1. The van der Waals surface area contributed by atoms with Crippen LogP contribution in [0.15, 0.2) is 24.3 Å². The van der Waals surface area contributed by atoms with Gasteiger partial charge >= 0.3 is 0 Å². The Kier molecular flexibility index (Phi) is 3.67. The van der Waals surface area contributed by atoms with E-state index in [9.17, 15) is 4.79 Å². The molecule has 80 valence electrons. The average Bonchev–Trinajstić information content (AvgIpc) is 2.27. The van der Waals surface area contributed by atoms with Crippen LogP contribution in [0, 0.1) is 0 Å². The number of allylic oxidation sites excluding steroid dienone is 2. The molecule has 0 aliphatic rings. The minimum absolute atomic E-state index is 0.366. The summed E-state index contributed by atoms with van der Waals surface area (Å²) in [4.78, 5) is 11.0. The molecule has 1 rings (SSSR count). The molecule has 0 heterocycles. The second-order valence-corrected chi connectivity index (χ2v) is 3.56. The summed E-state index contributed by atoms with van der Waals surface area (Å²) in [5, 5.41) is 0. The van der Waals surface area contributed by atoms with Crippen LogP contribution in [-0.4, -0.2) is 5.91 Å². The van der Waals surface area contributed by atoms with Crippen molar-refractivity contribution in [1.29, 1.82) is 0 Å². The van der Waals surface area contributed by atoms with Gasteiger partial charge in [0, 0.05) is 5.56 Å². The molecule has 1 amide bonds. The molecule has 0 saturated carbocycles. The predicted molar refractivity (Wildman–Crippen MR) is 63.7 cm³/mol. The summed E-state index contributed by atoms with van der Waals surface area (Å²) in [6, 6.07) is 5.63. The average molecular weight is 203 g/mol. The minimum atomic E-state index is -0.366. The molecule has 0 saturated heterocycles. The van der Waals surface area contributed by atoms with Gasteiger partial charge in [-0.15, -0.1) is 0 Å². The maximum Gasteiger partial charge on any atom is 0.248 e. The van der Waals surface area contributed by atoms with Gasteiger partial charge < -0.3 is 5.73 Å². The van der Waals surface area contributed by atoms with Crippen LogP contribution in [0.5, 0.6) is 0 Å². The molecule has 2 nitrogen and oxygen atoms in total. The summed E-state index contributed by atoms with van der Waals surface area (Å²) in [6.07, 6.45) is 2.97. The number of nitrogens with two attached hydrogens (primary N) is 1. The molecule has 0 bridgehead atoms. The summed E-state index contributed by atoms with van der Waals surface area (Å²) in [6.45, 7) is 6.15. The largest absolute Gasteiger partial charge is 0.366 e. The van der Waals surface area contributed by atoms with Crippen molar-refractivity contribution in [3.63, 3.8) is 0 Å². The number of carbonyl (C=O) groups excluding carboxylic acids is 1. The highest BCUT2D eigenvalue weighted by Gasteiger charge is 2.06. The van der Waals surface area contributed by atoms with E-state index in [2.05, 4.69) is 19.9 Å². The van der Waals surface area contributed by atoms with Gasteiger partial charge in [-0.05, 0) is 49.1 Å². The van der Waals surface area contributed by atoms with Gasteiger partial charge in [0.25, 0.3) is 0 Å². The highest BCUT2D eigenvalue weighted by molar-refractivity contribution is 5.93. The molecule has 0 spiro atoms. The standard InChI is InChI=1S/C13H17NO/c1-4-9(3)12-7-6-11(13(14)15)8-10(12)5-2/h4,6-8H,5H2,1-3H3,(H2,14,15)/b9-4-. The van der Waals surface area contributed by atoms with Gasteiger partial charge in [-0.25, -0.2) is 0 Å². The number of rotatable bonds is 3. The van der Waals surface area contributed by atoms with Gasteiger partial charge in [-0.3, -0.25) is 4.79 Å². The van der Waals surface area contributed by atoms with Crippen LogP contribution < -0.4 is 5.73 Å². The molecule has 0 unspecified atom stereocenters. The van der Waals surface area contributed by atoms with E-state index in [-0.39, 0.29) is 5.91 Å². The molecular formula is C13H17NO. The Morgan fingerprint density at radius 3 is 2.60 bits per heavy atom. The van der Waals surface area contributed by atoms with Gasteiger partial charge in [0.2, 0.25) is 5.91 Å². The SMILES string of the molecule is C/C=C(/C)c1ccc(C(N)=O)cc1CC. The van der Waals surface area contributed by atoms with E-state index in [0.717, 1.165) is 6.42 Å². The van der Waals surface area contributed by atoms with E-state index in [1.807, 2.05) is 19.1 Å². The number of hydrogen-bond donors (Lipinski definition) is 1. The molecule has 0 aromatic heterocycles. The monoisotopic (exact) mass is 203 g/mol. The first kappa shape index (κ1) is 11.5. The maximum absolute atomic E-state index is 11.0. The Morgan fingerprint density at radius 1 is 1.47 bits per heavy atom. The highest BCUT2D eigenvalue weighted by atomic mass is 16.1. The van der Waals surface area contributed by atoms with Crippen LogP contribution in [0.2, 0.25) is 0 Å². The van der Waals surface area contributed by atoms with Crippen LogP contribution in [0.3, 0.4) is 0 Å². The Balaban J connectivity index is 3.27. The van der Waals surface area contributed by atoms with Crippen LogP contribution in [0.1, 0.15) is 42.3 Å². The zero-order valence-corrected chi connectivity index (χ0v) is 9.50. The first-order valence-corrected chi connectivity index (χ1v) is 5.16. The third-order valence-corrected chi connectivity index (χ3v) is 2.63. The van der Waals surface area contributed by atoms with Crippen molar-refractivity contribution >= 4 is 11.5 Å². The quantitative estimate of drug-likeness (QED) is 0.806. The first-order valence-electron chi connectivity index (χ1n) is 5.16. The van der Waals surface area contributed by atoms with Crippen LogP contribution >= 0.6 is 0 Å². The van der Waals surface area contributed by atoms with Crippen molar-refractivity contribution in [1.82, 2.24) is 0 Å². The van der Waals surface area contributed by atoms with Crippen molar-refractivity contribution in [2.24, 2.45) is 5.73 Å². The number of carbonyl (C=O) groups is 1. The summed E-state index contributed by atoms with van der Waals surface area (Å²) in [5.74, 6) is -0.366. The number of primary amides is 1. The topological polar surface area (TPSA) is 43.1 Å². The first-order chi connectivity index (χ1) is 7.10. The Labute approximate surface area is 90.8 Å². The van der Waals surface area contributed by atoms with E-state index >= 15 is 0 Å². The lowest BCUT2D eigenvalue weighted by atomic mass is 9.96. The number of aryl methyl sites for hydroxylation is 1. The molecular weight excluding hydrogens is 186 g/mol. The fourth-order valence-electron chi connectivity index (χ4n) is 1.58. The Hall–Kier alpha value is -1.57. The van der Waals surface area contributed by atoms with Crippen molar-refractivity contribution in [3.8, 4) is 0 Å². The fraction of sp³-hybridized carbons (Fsp3) is 0.308. The molecule has 15 heavy (non-hydrogen) atoms. The second-order valence-electron chi connectivity index (χ2n) is 3.56. The lowest BCUT2D eigenvalue weighted by molar-refractivity contribution is 0.1000. The molecule has 0 atom stereocenters. The van der Waals surface area contributed by atoms with Crippen molar-refractivity contribution in [2.45, 2.75) is 27.2 Å². The molecule has 1 aromatic rings. The summed E-state index contributed by atoms with van der Waals surface area (Å²) < 4.78 is 0. The highest BCUT2D eigenvalue weighted by Crippen LogP contribution is 2.20. The van der Waals surface area contributed by atoms with E-state index < -0.39 is 0 Å². The third-order valence-electron chi connectivity index (χ3n) is 2.63. The van der Waals surface area contributed by atoms with E-state index in [0.29, 0.717) is 5.56 Å². The maximum atomic E-state index is 11.0. The third kappa shape index (κ3) is 2.46. The molecule has 1 aromatic carbocycles. The fourth-order valence-corrected chi connectivity index (χ4v) is 1.58. The zero-order valence-electron chi connectivity index (χ0n) is 9.50. The lowest BCUT2D eigenvalue weighted by Crippen LogP contribution is -2.11.